The molecular formula is C19H30FN3O2S. The van der Waals surface area contributed by atoms with Gasteiger partial charge in [-0.3, -0.25) is 4.90 Å². The average Bonchev–Trinajstić information content (AvgIpc) is 2.68. The SMILES string of the molecule is CC(c1ccc(F)cc1)N1CCN(S(=O)(=O)N(C)C2CCCCC2)CC1. The number of benzene rings is 1. The van der Waals surface area contributed by atoms with Gasteiger partial charge in [0.05, 0.1) is 0 Å². The summed E-state index contributed by atoms with van der Waals surface area (Å²) >= 11 is 0. The average molecular weight is 384 g/mol. The lowest BCUT2D eigenvalue weighted by Crippen LogP contribution is -2.54. The summed E-state index contributed by atoms with van der Waals surface area (Å²) in [6.45, 7) is 4.48. The predicted octanol–water partition coefficient (Wildman–Crippen LogP) is 3.01. The molecule has 0 bridgehead atoms. The van der Waals surface area contributed by atoms with E-state index in [-0.39, 0.29) is 17.9 Å². The molecule has 0 aromatic heterocycles. The molecule has 2 fully saturated rings. The molecule has 1 unspecified atom stereocenters. The minimum atomic E-state index is -3.39. The zero-order chi connectivity index (χ0) is 18.7. The molecule has 1 saturated heterocycles. The summed E-state index contributed by atoms with van der Waals surface area (Å²) < 4.78 is 42.3. The highest BCUT2D eigenvalue weighted by molar-refractivity contribution is 7.86. The molecule has 1 heterocycles. The van der Waals surface area contributed by atoms with E-state index in [2.05, 4.69) is 11.8 Å². The van der Waals surface area contributed by atoms with E-state index in [1.54, 1.807) is 27.8 Å². The number of nitrogens with zero attached hydrogens (tertiary/aromatic N) is 3. The Kier molecular flexibility index (Phi) is 6.33. The van der Waals surface area contributed by atoms with Gasteiger partial charge >= 0.3 is 0 Å². The molecule has 1 aromatic carbocycles. The van der Waals surface area contributed by atoms with E-state index in [0.717, 1.165) is 31.2 Å². The topological polar surface area (TPSA) is 43.9 Å². The minimum Gasteiger partial charge on any atom is -0.294 e. The number of rotatable bonds is 5. The van der Waals surface area contributed by atoms with Gasteiger partial charge in [0, 0.05) is 45.3 Å². The summed E-state index contributed by atoms with van der Waals surface area (Å²) in [4.78, 5) is 2.26. The third kappa shape index (κ3) is 4.27. The Balaban J connectivity index is 1.59. The fourth-order valence-electron chi connectivity index (χ4n) is 4.09. The largest absolute Gasteiger partial charge is 0.294 e. The van der Waals surface area contributed by atoms with Crippen molar-refractivity contribution in [2.24, 2.45) is 0 Å². The molecule has 1 atom stereocenters. The van der Waals surface area contributed by atoms with E-state index in [0.29, 0.717) is 26.2 Å². The lowest BCUT2D eigenvalue weighted by Gasteiger charge is -2.40. The van der Waals surface area contributed by atoms with E-state index < -0.39 is 10.2 Å². The Bertz CT molecular complexity index is 681. The molecule has 1 aromatic rings. The maximum atomic E-state index is 13.1. The van der Waals surface area contributed by atoms with Crippen LogP contribution in [-0.2, 0) is 10.2 Å². The van der Waals surface area contributed by atoms with Crippen LogP contribution in [0.2, 0.25) is 0 Å². The van der Waals surface area contributed by atoms with Gasteiger partial charge in [0.25, 0.3) is 10.2 Å². The molecule has 26 heavy (non-hydrogen) atoms. The van der Waals surface area contributed by atoms with Crippen molar-refractivity contribution < 1.29 is 12.8 Å². The predicted molar refractivity (Wildman–Crippen MR) is 102 cm³/mol. The lowest BCUT2D eigenvalue weighted by molar-refractivity contribution is 0.139. The van der Waals surface area contributed by atoms with Crippen LogP contribution in [-0.4, -0.2) is 61.2 Å². The van der Waals surface area contributed by atoms with Crippen molar-refractivity contribution in [3.05, 3.63) is 35.6 Å². The van der Waals surface area contributed by atoms with E-state index in [1.807, 2.05) is 0 Å². The Hall–Kier alpha value is -1.02. The first-order valence-electron chi connectivity index (χ1n) is 9.62. The molecule has 0 amide bonds. The zero-order valence-corrected chi connectivity index (χ0v) is 16.6. The summed E-state index contributed by atoms with van der Waals surface area (Å²) in [5, 5.41) is 0. The maximum Gasteiger partial charge on any atom is 0.282 e. The molecule has 146 valence electrons. The monoisotopic (exact) mass is 383 g/mol. The third-order valence-corrected chi connectivity index (χ3v) is 8.00. The molecule has 0 spiro atoms. The van der Waals surface area contributed by atoms with Gasteiger partial charge in [-0.2, -0.15) is 17.0 Å². The van der Waals surface area contributed by atoms with Crippen LogP contribution in [0.25, 0.3) is 0 Å². The smallest absolute Gasteiger partial charge is 0.282 e. The standard InChI is InChI=1S/C19H30FN3O2S/c1-16(17-8-10-18(20)11-9-17)22-12-14-23(15-13-22)26(24,25)21(2)19-6-4-3-5-7-19/h8-11,16,19H,3-7,12-15H2,1-2H3. The minimum absolute atomic E-state index is 0.143. The van der Waals surface area contributed by atoms with E-state index in [4.69, 9.17) is 0 Å². The fraction of sp³-hybridized carbons (Fsp3) is 0.684. The van der Waals surface area contributed by atoms with Crippen LogP contribution in [0.15, 0.2) is 24.3 Å². The van der Waals surface area contributed by atoms with Gasteiger partial charge in [-0.05, 0) is 37.5 Å². The fourth-order valence-corrected chi connectivity index (χ4v) is 5.67. The lowest BCUT2D eigenvalue weighted by atomic mass is 9.96. The second-order valence-electron chi connectivity index (χ2n) is 7.48. The highest BCUT2D eigenvalue weighted by Gasteiger charge is 2.35. The summed E-state index contributed by atoms with van der Waals surface area (Å²) in [5.74, 6) is -0.234. The van der Waals surface area contributed by atoms with Crippen LogP contribution in [0.3, 0.4) is 0 Å². The van der Waals surface area contributed by atoms with Gasteiger partial charge in [-0.1, -0.05) is 31.4 Å². The van der Waals surface area contributed by atoms with Crippen molar-refractivity contribution in [3.63, 3.8) is 0 Å². The van der Waals surface area contributed by atoms with Crippen LogP contribution in [0.4, 0.5) is 4.39 Å². The van der Waals surface area contributed by atoms with Gasteiger partial charge in [-0.25, -0.2) is 4.39 Å². The maximum absolute atomic E-state index is 13.1. The van der Waals surface area contributed by atoms with Gasteiger partial charge in [0.2, 0.25) is 0 Å². The molecule has 5 nitrogen and oxygen atoms in total. The van der Waals surface area contributed by atoms with E-state index >= 15 is 0 Å². The van der Waals surface area contributed by atoms with Crippen LogP contribution < -0.4 is 0 Å². The molecular weight excluding hydrogens is 353 g/mol. The first-order valence-corrected chi connectivity index (χ1v) is 11.0. The van der Waals surface area contributed by atoms with Crippen molar-refractivity contribution >= 4 is 10.2 Å². The second-order valence-corrected chi connectivity index (χ2v) is 9.47. The quantitative estimate of drug-likeness (QED) is 0.785. The van der Waals surface area contributed by atoms with Crippen LogP contribution >= 0.6 is 0 Å². The number of piperazine rings is 1. The van der Waals surface area contributed by atoms with Crippen LogP contribution in [0.5, 0.6) is 0 Å². The van der Waals surface area contributed by atoms with Gasteiger partial charge in [0.15, 0.2) is 0 Å². The third-order valence-electron chi connectivity index (χ3n) is 5.95. The van der Waals surface area contributed by atoms with Crippen molar-refractivity contribution in [2.45, 2.75) is 51.1 Å². The normalized spacial score (nSPS) is 22.6. The molecule has 1 aliphatic carbocycles. The molecule has 3 rings (SSSR count). The molecule has 2 aliphatic rings. The van der Waals surface area contributed by atoms with E-state index in [1.165, 1.54) is 18.6 Å². The summed E-state index contributed by atoms with van der Waals surface area (Å²) in [5.41, 5.74) is 1.06. The summed E-state index contributed by atoms with van der Waals surface area (Å²) in [6, 6.07) is 6.86. The van der Waals surface area contributed by atoms with Crippen molar-refractivity contribution in [2.75, 3.05) is 33.2 Å². The van der Waals surface area contributed by atoms with Crippen molar-refractivity contribution in [1.29, 1.82) is 0 Å². The number of hydrogen-bond acceptors (Lipinski definition) is 3. The summed E-state index contributed by atoms with van der Waals surface area (Å²) in [7, 11) is -1.66. The first-order chi connectivity index (χ1) is 12.4. The molecule has 1 aliphatic heterocycles. The van der Waals surface area contributed by atoms with Gasteiger partial charge in [-0.15, -0.1) is 0 Å². The van der Waals surface area contributed by atoms with Gasteiger partial charge < -0.3 is 0 Å². The molecule has 0 radical (unpaired) electrons. The molecule has 0 N–H and O–H groups in total. The summed E-state index contributed by atoms with van der Waals surface area (Å²) in [6.07, 6.45) is 5.39. The molecule has 1 saturated carbocycles. The van der Waals surface area contributed by atoms with Crippen molar-refractivity contribution in [1.82, 2.24) is 13.5 Å². The Morgan fingerprint density at radius 3 is 2.19 bits per heavy atom. The Morgan fingerprint density at radius 2 is 1.62 bits per heavy atom. The highest BCUT2D eigenvalue weighted by atomic mass is 32.2. The Labute approximate surface area is 157 Å². The Morgan fingerprint density at radius 1 is 1.04 bits per heavy atom. The first kappa shape index (κ1) is 19.7. The number of hydrogen-bond donors (Lipinski definition) is 0. The van der Waals surface area contributed by atoms with Crippen molar-refractivity contribution in [3.8, 4) is 0 Å². The van der Waals surface area contributed by atoms with E-state index in [9.17, 15) is 12.8 Å². The van der Waals surface area contributed by atoms with Gasteiger partial charge in [0.1, 0.15) is 5.82 Å². The van der Waals surface area contributed by atoms with Crippen LogP contribution in [0, 0.1) is 5.82 Å². The molecule has 7 heteroatoms. The second kappa shape index (κ2) is 8.33. The zero-order valence-electron chi connectivity index (χ0n) is 15.8. The number of halogens is 1. The highest BCUT2D eigenvalue weighted by Crippen LogP contribution is 2.27. The van der Waals surface area contributed by atoms with Crippen LogP contribution in [0.1, 0.15) is 50.6 Å².